The molecule has 0 fully saturated rings. The second-order valence-corrected chi connectivity index (χ2v) is 5.40. The van der Waals surface area contributed by atoms with Crippen molar-refractivity contribution in [1.29, 1.82) is 0 Å². The minimum absolute atomic E-state index is 0.0868. The van der Waals surface area contributed by atoms with Crippen molar-refractivity contribution in [2.75, 3.05) is 5.32 Å². The molecule has 1 aromatic carbocycles. The van der Waals surface area contributed by atoms with Gasteiger partial charge in [0.2, 0.25) is 5.91 Å². The van der Waals surface area contributed by atoms with Gasteiger partial charge in [-0.25, -0.2) is 0 Å². The Labute approximate surface area is 119 Å². The molecule has 4 N–H and O–H groups in total. The Balaban J connectivity index is 2.89. The van der Waals surface area contributed by atoms with E-state index >= 15 is 0 Å². The van der Waals surface area contributed by atoms with Gasteiger partial charge in [0.05, 0.1) is 0 Å². The third kappa shape index (κ3) is 3.29. The molecule has 1 atom stereocenters. The molecule has 0 aliphatic carbocycles. The molecule has 0 spiro atoms. The summed E-state index contributed by atoms with van der Waals surface area (Å²) in [7, 11) is 0. The minimum Gasteiger partial charge on any atom is -0.409 e. The summed E-state index contributed by atoms with van der Waals surface area (Å²) in [4.78, 5) is 12.3. The van der Waals surface area contributed by atoms with Crippen LogP contribution >= 0.6 is 0 Å². The molecule has 110 valence electrons. The highest BCUT2D eigenvalue weighted by Gasteiger charge is 2.36. The zero-order chi connectivity index (χ0) is 15.3. The number of rotatable bonds is 5. The van der Waals surface area contributed by atoms with E-state index in [0.29, 0.717) is 18.0 Å². The highest BCUT2D eigenvalue weighted by molar-refractivity contribution is 6.11. The van der Waals surface area contributed by atoms with Crippen LogP contribution < -0.4 is 11.1 Å². The highest BCUT2D eigenvalue weighted by Crippen LogP contribution is 2.24. The van der Waals surface area contributed by atoms with Crippen molar-refractivity contribution in [3.63, 3.8) is 0 Å². The molecule has 0 heterocycles. The number of hydrogen-bond donors (Lipinski definition) is 3. The van der Waals surface area contributed by atoms with Gasteiger partial charge in [-0.1, -0.05) is 38.1 Å². The van der Waals surface area contributed by atoms with Gasteiger partial charge < -0.3 is 16.3 Å². The zero-order valence-electron chi connectivity index (χ0n) is 12.5. The van der Waals surface area contributed by atoms with Crippen LogP contribution in [0, 0.1) is 5.41 Å². The first-order valence-electron chi connectivity index (χ1n) is 6.74. The maximum Gasteiger partial charge on any atom is 0.238 e. The minimum atomic E-state index is -1.02. The number of hydrogen-bond acceptors (Lipinski definition) is 3. The van der Waals surface area contributed by atoms with E-state index in [1.165, 1.54) is 5.56 Å². The number of oxime groups is 1. The first-order valence-corrected chi connectivity index (χ1v) is 6.74. The number of nitrogens with zero attached hydrogens (tertiary/aromatic N) is 1. The van der Waals surface area contributed by atoms with E-state index in [1.54, 1.807) is 6.92 Å². The van der Waals surface area contributed by atoms with Gasteiger partial charge in [-0.05, 0) is 37.0 Å². The Morgan fingerprint density at radius 2 is 1.95 bits per heavy atom. The molecule has 0 bridgehead atoms. The lowest BCUT2D eigenvalue weighted by molar-refractivity contribution is -0.121. The van der Waals surface area contributed by atoms with E-state index in [2.05, 4.69) is 24.3 Å². The van der Waals surface area contributed by atoms with Crippen molar-refractivity contribution < 1.29 is 10.0 Å². The fourth-order valence-corrected chi connectivity index (χ4v) is 1.79. The van der Waals surface area contributed by atoms with Gasteiger partial charge in [-0.3, -0.25) is 4.79 Å². The van der Waals surface area contributed by atoms with Crippen LogP contribution in [0.3, 0.4) is 0 Å². The predicted molar refractivity (Wildman–Crippen MR) is 81.0 cm³/mol. The van der Waals surface area contributed by atoms with Crippen molar-refractivity contribution in [2.24, 2.45) is 16.3 Å². The third-order valence-electron chi connectivity index (χ3n) is 3.72. The molecule has 1 amide bonds. The van der Waals surface area contributed by atoms with E-state index in [9.17, 15) is 4.79 Å². The van der Waals surface area contributed by atoms with Crippen LogP contribution in [0.4, 0.5) is 5.69 Å². The molecule has 0 saturated heterocycles. The Bertz CT molecular complexity index is 494. The van der Waals surface area contributed by atoms with Gasteiger partial charge in [0.1, 0.15) is 5.41 Å². The Kier molecular flexibility index (Phi) is 5.13. The number of nitrogens with two attached hydrogens (primary N) is 1. The lowest BCUT2D eigenvalue weighted by atomic mass is 9.85. The summed E-state index contributed by atoms with van der Waals surface area (Å²) >= 11 is 0. The molecule has 1 rings (SSSR count). The van der Waals surface area contributed by atoms with E-state index in [4.69, 9.17) is 10.9 Å². The predicted octanol–water partition coefficient (Wildman–Crippen LogP) is 2.91. The standard InChI is InChI=1S/C15H23N3O2/c1-5-15(4,13(16)18-20)14(19)17-12-8-6-11(7-9-12)10(2)3/h6-10,20H,5H2,1-4H3,(H2,16,18)(H,17,19). The molecule has 0 saturated carbocycles. The maximum atomic E-state index is 12.3. The number of carbonyl (C=O) groups excluding carboxylic acids is 1. The first-order chi connectivity index (χ1) is 9.35. The maximum absolute atomic E-state index is 12.3. The Hall–Kier alpha value is -2.04. The molecule has 0 aliphatic rings. The third-order valence-corrected chi connectivity index (χ3v) is 3.72. The van der Waals surface area contributed by atoms with Crippen molar-refractivity contribution in [3.8, 4) is 0 Å². The molecule has 0 aliphatic heterocycles. The van der Waals surface area contributed by atoms with Gasteiger partial charge in [0.25, 0.3) is 0 Å². The number of carbonyl (C=O) groups is 1. The van der Waals surface area contributed by atoms with E-state index < -0.39 is 5.41 Å². The average Bonchev–Trinajstić information content (AvgIpc) is 2.45. The van der Waals surface area contributed by atoms with Crippen molar-refractivity contribution in [1.82, 2.24) is 0 Å². The van der Waals surface area contributed by atoms with E-state index in [-0.39, 0.29) is 11.7 Å². The van der Waals surface area contributed by atoms with Gasteiger partial charge in [-0.2, -0.15) is 0 Å². The molecule has 20 heavy (non-hydrogen) atoms. The molecule has 0 radical (unpaired) electrons. The second-order valence-electron chi connectivity index (χ2n) is 5.40. The summed E-state index contributed by atoms with van der Waals surface area (Å²) in [5.74, 6) is 0.0710. The van der Waals surface area contributed by atoms with Crippen molar-refractivity contribution >= 4 is 17.4 Å². The lowest BCUT2D eigenvalue weighted by Gasteiger charge is -2.25. The summed E-state index contributed by atoms with van der Waals surface area (Å²) in [6, 6.07) is 7.67. The molecule has 5 nitrogen and oxygen atoms in total. The van der Waals surface area contributed by atoms with Crippen LogP contribution in [0.2, 0.25) is 0 Å². The number of amidine groups is 1. The number of amides is 1. The largest absolute Gasteiger partial charge is 0.409 e. The van der Waals surface area contributed by atoms with Gasteiger partial charge in [0.15, 0.2) is 5.84 Å². The second kappa shape index (κ2) is 6.41. The summed E-state index contributed by atoms with van der Waals surface area (Å²) in [5.41, 5.74) is 6.50. The average molecular weight is 277 g/mol. The van der Waals surface area contributed by atoms with E-state index in [0.717, 1.165) is 0 Å². The normalized spacial score (nSPS) is 14.9. The van der Waals surface area contributed by atoms with Crippen LogP contribution in [0.15, 0.2) is 29.4 Å². The molecular formula is C15H23N3O2. The first kappa shape index (κ1) is 16.0. The lowest BCUT2D eigenvalue weighted by Crippen LogP contribution is -2.44. The summed E-state index contributed by atoms with van der Waals surface area (Å²) in [6.07, 6.45) is 0.443. The highest BCUT2D eigenvalue weighted by atomic mass is 16.4. The van der Waals surface area contributed by atoms with Crippen molar-refractivity contribution in [2.45, 2.75) is 40.0 Å². The van der Waals surface area contributed by atoms with Crippen molar-refractivity contribution in [3.05, 3.63) is 29.8 Å². The molecule has 5 heteroatoms. The van der Waals surface area contributed by atoms with Gasteiger partial charge in [-0.15, -0.1) is 0 Å². The smallest absolute Gasteiger partial charge is 0.238 e. The number of nitrogens with one attached hydrogen (secondary N) is 1. The summed E-state index contributed by atoms with van der Waals surface area (Å²) < 4.78 is 0. The Morgan fingerprint density at radius 3 is 2.35 bits per heavy atom. The molecule has 0 aromatic heterocycles. The van der Waals surface area contributed by atoms with Crippen LogP contribution in [0.25, 0.3) is 0 Å². The van der Waals surface area contributed by atoms with Gasteiger partial charge >= 0.3 is 0 Å². The fraction of sp³-hybridized carbons (Fsp3) is 0.467. The molecule has 1 aromatic rings. The van der Waals surface area contributed by atoms with Crippen LogP contribution in [-0.4, -0.2) is 17.0 Å². The SMILES string of the molecule is CCC(C)(C(=O)Nc1ccc(C(C)C)cc1)/C(N)=N/O. The van der Waals surface area contributed by atoms with E-state index in [1.807, 2.05) is 31.2 Å². The van der Waals surface area contributed by atoms with Gasteiger partial charge in [0, 0.05) is 5.69 Å². The Morgan fingerprint density at radius 1 is 1.40 bits per heavy atom. The zero-order valence-corrected chi connectivity index (χ0v) is 12.5. The topological polar surface area (TPSA) is 87.7 Å². The summed E-state index contributed by atoms with van der Waals surface area (Å²) in [5, 5.41) is 14.6. The molecular weight excluding hydrogens is 254 g/mol. The number of anilines is 1. The monoisotopic (exact) mass is 277 g/mol. The summed E-state index contributed by atoms with van der Waals surface area (Å²) in [6.45, 7) is 7.69. The van der Waals surface area contributed by atoms with Crippen LogP contribution in [0.1, 0.15) is 45.6 Å². The fourth-order valence-electron chi connectivity index (χ4n) is 1.79. The quantitative estimate of drug-likeness (QED) is 0.334. The number of benzene rings is 1. The van der Waals surface area contributed by atoms with Crippen LogP contribution in [-0.2, 0) is 4.79 Å². The van der Waals surface area contributed by atoms with Crippen LogP contribution in [0.5, 0.6) is 0 Å². The molecule has 1 unspecified atom stereocenters.